The van der Waals surface area contributed by atoms with Crippen molar-refractivity contribution < 1.29 is 9.18 Å². The molecule has 0 aliphatic carbocycles. The third-order valence-electron chi connectivity index (χ3n) is 6.49. The average Bonchev–Trinajstić information content (AvgIpc) is 3.17. The predicted octanol–water partition coefficient (Wildman–Crippen LogP) is 4.29. The normalized spacial score (nSPS) is 14.5. The van der Waals surface area contributed by atoms with Crippen LogP contribution in [0.25, 0.3) is 21.3 Å². The van der Waals surface area contributed by atoms with Crippen molar-refractivity contribution in [1.29, 1.82) is 0 Å². The average molecular weight is 491 g/mol. The van der Waals surface area contributed by atoms with Gasteiger partial charge in [-0.15, -0.1) is 11.3 Å². The molecule has 2 aromatic carbocycles. The van der Waals surface area contributed by atoms with E-state index in [2.05, 4.69) is 22.0 Å². The number of carbonyl (C=O) groups excluding carboxylic acids is 1. The van der Waals surface area contributed by atoms with Gasteiger partial charge in [-0.2, -0.15) is 0 Å². The van der Waals surface area contributed by atoms with E-state index >= 15 is 0 Å². The molecule has 1 fully saturated rings. The smallest absolute Gasteiger partial charge is 0.260 e. The zero-order valence-electron chi connectivity index (χ0n) is 19.8. The Hall–Kier alpha value is -3.36. The largest absolute Gasteiger partial charge is 0.340 e. The Balaban J connectivity index is 1.26. The molecule has 6 nitrogen and oxygen atoms in total. The molecular formula is C27H27FN4O2S. The first kappa shape index (κ1) is 23.4. The first-order chi connectivity index (χ1) is 16.9. The Kier molecular flexibility index (Phi) is 6.49. The number of carbonyl (C=O) groups is 1. The molecule has 1 saturated heterocycles. The fraction of sp³-hybridized carbons (Fsp3) is 0.296. The fourth-order valence-electron chi connectivity index (χ4n) is 4.56. The molecule has 35 heavy (non-hydrogen) atoms. The van der Waals surface area contributed by atoms with Gasteiger partial charge in [0.15, 0.2) is 0 Å². The van der Waals surface area contributed by atoms with Crippen LogP contribution in [0.2, 0.25) is 0 Å². The van der Waals surface area contributed by atoms with E-state index in [0.717, 1.165) is 26.4 Å². The van der Waals surface area contributed by atoms with Crippen LogP contribution in [0, 0.1) is 19.7 Å². The number of fused-ring (bicyclic) bond motifs is 1. The van der Waals surface area contributed by atoms with E-state index in [1.54, 1.807) is 23.5 Å². The molecule has 1 aliphatic rings. The summed E-state index contributed by atoms with van der Waals surface area (Å²) in [6.07, 6.45) is 0.271. The molecule has 0 unspecified atom stereocenters. The van der Waals surface area contributed by atoms with Crippen LogP contribution in [-0.4, -0.2) is 51.9 Å². The number of halogens is 1. The second kappa shape index (κ2) is 9.71. The minimum Gasteiger partial charge on any atom is -0.340 e. The first-order valence-corrected chi connectivity index (χ1v) is 12.5. The molecule has 2 aromatic heterocycles. The summed E-state index contributed by atoms with van der Waals surface area (Å²) < 4.78 is 13.1. The molecule has 1 N–H and O–H groups in total. The van der Waals surface area contributed by atoms with Crippen LogP contribution in [0.4, 0.5) is 4.39 Å². The van der Waals surface area contributed by atoms with Gasteiger partial charge in [0.05, 0.1) is 18.4 Å². The summed E-state index contributed by atoms with van der Waals surface area (Å²) in [5.74, 6) is 0.385. The molecule has 180 valence electrons. The minimum atomic E-state index is -0.302. The Labute approximate surface area is 207 Å². The van der Waals surface area contributed by atoms with Crippen LogP contribution in [0.1, 0.15) is 21.8 Å². The van der Waals surface area contributed by atoms with Gasteiger partial charge in [-0.05, 0) is 37.1 Å². The number of thiophene rings is 1. The van der Waals surface area contributed by atoms with Gasteiger partial charge in [0, 0.05) is 36.6 Å². The predicted molar refractivity (Wildman–Crippen MR) is 137 cm³/mol. The van der Waals surface area contributed by atoms with Crippen LogP contribution in [0.3, 0.4) is 0 Å². The molecule has 0 radical (unpaired) electrons. The topological polar surface area (TPSA) is 69.3 Å². The van der Waals surface area contributed by atoms with Crippen molar-refractivity contribution in [2.45, 2.75) is 26.8 Å². The van der Waals surface area contributed by atoms with Crippen LogP contribution >= 0.6 is 11.3 Å². The Morgan fingerprint density at radius 3 is 2.40 bits per heavy atom. The maximum atomic E-state index is 13.1. The van der Waals surface area contributed by atoms with Crippen molar-refractivity contribution in [3.05, 3.63) is 86.5 Å². The van der Waals surface area contributed by atoms with E-state index in [9.17, 15) is 14.0 Å². The SMILES string of the molecule is Cc1ccc(-c2c(C)sc3nc(CN4CCN(C(=O)Cc5ccc(F)cc5)CC4)[nH]c(=O)c23)cc1. The second-order valence-electron chi connectivity index (χ2n) is 9.05. The number of rotatable bonds is 5. The van der Waals surface area contributed by atoms with Crippen LogP contribution in [0.5, 0.6) is 0 Å². The quantitative estimate of drug-likeness (QED) is 0.453. The summed E-state index contributed by atoms with van der Waals surface area (Å²) in [5.41, 5.74) is 3.86. The van der Waals surface area contributed by atoms with E-state index in [-0.39, 0.29) is 23.7 Å². The van der Waals surface area contributed by atoms with Crippen LogP contribution < -0.4 is 5.56 Å². The zero-order valence-corrected chi connectivity index (χ0v) is 20.6. The molecular weight excluding hydrogens is 463 g/mol. The number of aromatic amines is 1. The first-order valence-electron chi connectivity index (χ1n) is 11.7. The molecule has 1 amide bonds. The molecule has 5 rings (SSSR count). The number of nitrogens with zero attached hydrogens (tertiary/aromatic N) is 3. The van der Waals surface area contributed by atoms with E-state index in [0.29, 0.717) is 43.9 Å². The Morgan fingerprint density at radius 1 is 1.03 bits per heavy atom. The van der Waals surface area contributed by atoms with Crippen molar-refractivity contribution >= 4 is 27.5 Å². The second-order valence-corrected chi connectivity index (χ2v) is 10.3. The van der Waals surface area contributed by atoms with Gasteiger partial charge in [0.2, 0.25) is 5.91 Å². The third-order valence-corrected chi connectivity index (χ3v) is 7.49. The highest BCUT2D eigenvalue weighted by Gasteiger charge is 2.23. The summed E-state index contributed by atoms with van der Waals surface area (Å²) in [6, 6.07) is 14.3. The van der Waals surface area contributed by atoms with E-state index in [1.807, 2.05) is 30.9 Å². The molecule has 0 atom stereocenters. The summed E-state index contributed by atoms with van der Waals surface area (Å²) in [5, 5.41) is 0.649. The van der Waals surface area contributed by atoms with E-state index in [4.69, 9.17) is 4.98 Å². The van der Waals surface area contributed by atoms with Gasteiger partial charge in [0.1, 0.15) is 16.5 Å². The van der Waals surface area contributed by atoms with Crippen molar-refractivity contribution in [2.75, 3.05) is 26.2 Å². The molecule has 0 bridgehead atoms. The summed E-state index contributed by atoms with van der Waals surface area (Å²) in [7, 11) is 0. The number of benzene rings is 2. The lowest BCUT2D eigenvalue weighted by Gasteiger charge is -2.34. The number of hydrogen-bond acceptors (Lipinski definition) is 5. The molecule has 3 heterocycles. The monoisotopic (exact) mass is 490 g/mol. The van der Waals surface area contributed by atoms with E-state index in [1.165, 1.54) is 17.7 Å². The maximum Gasteiger partial charge on any atom is 0.260 e. The lowest BCUT2D eigenvalue weighted by Crippen LogP contribution is -2.49. The molecule has 4 aromatic rings. The number of aromatic nitrogens is 2. The standard InChI is InChI=1S/C27H27FN4O2S/c1-17-3-7-20(8-4-17)24-18(2)35-27-25(24)26(34)29-22(30-27)16-31-11-13-32(14-12-31)23(33)15-19-5-9-21(28)10-6-19/h3-10H,11-16H2,1-2H3,(H,29,30,34). The summed E-state index contributed by atoms with van der Waals surface area (Å²) >= 11 is 1.55. The number of H-pyrrole nitrogens is 1. The van der Waals surface area contributed by atoms with Crippen molar-refractivity contribution in [1.82, 2.24) is 19.8 Å². The van der Waals surface area contributed by atoms with E-state index < -0.39 is 0 Å². The zero-order chi connectivity index (χ0) is 24.5. The summed E-state index contributed by atoms with van der Waals surface area (Å²) in [6.45, 7) is 7.24. The number of amides is 1. The maximum absolute atomic E-state index is 13.1. The Morgan fingerprint density at radius 2 is 1.71 bits per heavy atom. The molecule has 0 spiro atoms. The Bertz CT molecular complexity index is 1420. The van der Waals surface area contributed by atoms with Gasteiger partial charge in [-0.3, -0.25) is 14.5 Å². The number of nitrogens with one attached hydrogen (secondary N) is 1. The van der Waals surface area contributed by atoms with Crippen molar-refractivity contribution in [3.63, 3.8) is 0 Å². The lowest BCUT2D eigenvalue weighted by molar-refractivity contribution is -0.132. The fourth-order valence-corrected chi connectivity index (χ4v) is 5.63. The number of aryl methyl sites for hydroxylation is 2. The van der Waals surface area contributed by atoms with Gasteiger partial charge in [0.25, 0.3) is 5.56 Å². The molecule has 0 saturated carbocycles. The van der Waals surface area contributed by atoms with Gasteiger partial charge >= 0.3 is 0 Å². The molecule has 8 heteroatoms. The van der Waals surface area contributed by atoms with Crippen molar-refractivity contribution in [2.24, 2.45) is 0 Å². The molecule has 1 aliphatic heterocycles. The number of piperazine rings is 1. The summed E-state index contributed by atoms with van der Waals surface area (Å²) in [4.78, 5) is 39.3. The highest BCUT2D eigenvalue weighted by Crippen LogP contribution is 2.35. The van der Waals surface area contributed by atoms with Crippen molar-refractivity contribution in [3.8, 4) is 11.1 Å². The number of hydrogen-bond donors (Lipinski definition) is 1. The van der Waals surface area contributed by atoms with Crippen LogP contribution in [0.15, 0.2) is 53.3 Å². The van der Waals surface area contributed by atoms with Crippen LogP contribution in [-0.2, 0) is 17.8 Å². The minimum absolute atomic E-state index is 0.0434. The highest BCUT2D eigenvalue weighted by molar-refractivity contribution is 7.19. The third kappa shape index (κ3) is 5.04. The van der Waals surface area contributed by atoms with Gasteiger partial charge in [-0.1, -0.05) is 42.0 Å². The highest BCUT2D eigenvalue weighted by atomic mass is 32.1. The van der Waals surface area contributed by atoms with Gasteiger partial charge in [-0.25, -0.2) is 9.37 Å². The van der Waals surface area contributed by atoms with Gasteiger partial charge < -0.3 is 9.88 Å². The lowest BCUT2D eigenvalue weighted by atomic mass is 10.0.